The number of rotatable bonds is 4. The van der Waals surface area contributed by atoms with E-state index in [4.69, 9.17) is 5.73 Å². The van der Waals surface area contributed by atoms with E-state index in [1.165, 1.54) is 12.5 Å². The van der Waals surface area contributed by atoms with E-state index >= 15 is 4.39 Å². The summed E-state index contributed by atoms with van der Waals surface area (Å²) in [5.74, 6) is -1.15. The summed E-state index contributed by atoms with van der Waals surface area (Å²) >= 11 is 0. The summed E-state index contributed by atoms with van der Waals surface area (Å²) in [6.07, 6.45) is 6.94. The average molecular weight is 445 g/mol. The molecule has 3 heterocycles. The molecule has 2 aromatic carbocycles. The number of fused-ring (bicyclic) bond motifs is 2. The van der Waals surface area contributed by atoms with Gasteiger partial charge in [0, 0.05) is 47.1 Å². The van der Waals surface area contributed by atoms with Gasteiger partial charge in [0.1, 0.15) is 35.2 Å². The summed E-state index contributed by atoms with van der Waals surface area (Å²) in [7, 11) is 0. The van der Waals surface area contributed by atoms with Crippen molar-refractivity contribution in [3.8, 4) is 11.1 Å². The molecule has 164 valence electrons. The molecule has 8 heteroatoms. The Morgan fingerprint density at radius 3 is 2.64 bits per heavy atom. The summed E-state index contributed by atoms with van der Waals surface area (Å²) < 4.78 is 45.2. The van der Waals surface area contributed by atoms with Gasteiger partial charge in [-0.1, -0.05) is 12.1 Å². The molecule has 3 aromatic heterocycles. The lowest BCUT2D eigenvalue weighted by atomic mass is 10.00. The zero-order valence-electron chi connectivity index (χ0n) is 17.4. The number of nitrogens with zero attached hydrogens (tertiary/aromatic N) is 4. The maximum atomic E-state index is 15.7. The quantitative estimate of drug-likeness (QED) is 0.393. The molecule has 1 saturated carbocycles. The van der Waals surface area contributed by atoms with Crippen LogP contribution in [0.1, 0.15) is 30.1 Å². The molecule has 0 atom stereocenters. The maximum Gasteiger partial charge on any atom is 0.146 e. The highest BCUT2D eigenvalue weighted by Crippen LogP contribution is 2.43. The summed E-state index contributed by atoms with van der Waals surface area (Å²) in [5, 5.41) is 1.58. The molecular weight excluding hydrogens is 427 g/mol. The van der Waals surface area contributed by atoms with Gasteiger partial charge in [-0.15, -0.1) is 0 Å². The fraction of sp³-hybridized carbons (Fsp3) is 0.160. The largest absolute Gasteiger partial charge is 0.383 e. The van der Waals surface area contributed by atoms with Gasteiger partial charge in [0.25, 0.3) is 0 Å². The van der Waals surface area contributed by atoms with Crippen molar-refractivity contribution in [1.82, 2.24) is 19.5 Å². The maximum absolute atomic E-state index is 15.7. The van der Waals surface area contributed by atoms with Crippen LogP contribution in [0.15, 0.2) is 55.1 Å². The third-order valence-electron chi connectivity index (χ3n) is 6.14. The Labute approximate surface area is 186 Å². The van der Waals surface area contributed by atoms with Crippen LogP contribution in [-0.2, 0) is 6.42 Å². The van der Waals surface area contributed by atoms with Gasteiger partial charge < -0.3 is 10.3 Å². The number of hydrogen-bond acceptors (Lipinski definition) is 4. The van der Waals surface area contributed by atoms with Gasteiger partial charge in [0.05, 0.1) is 5.39 Å². The van der Waals surface area contributed by atoms with Gasteiger partial charge >= 0.3 is 0 Å². The third kappa shape index (κ3) is 3.29. The molecule has 2 N–H and O–H groups in total. The first kappa shape index (κ1) is 19.7. The van der Waals surface area contributed by atoms with Gasteiger partial charge in [-0.3, -0.25) is 4.98 Å². The normalized spacial score (nSPS) is 13.8. The number of halogens is 3. The second-order valence-corrected chi connectivity index (χ2v) is 8.38. The molecule has 6 rings (SSSR count). The Hall–Kier alpha value is -3.94. The number of nitrogens with two attached hydrogens (primary N) is 1. The number of hydrogen-bond donors (Lipinski definition) is 1. The van der Waals surface area contributed by atoms with Crippen LogP contribution < -0.4 is 5.73 Å². The number of pyridine rings is 1. The Balaban J connectivity index is 1.45. The van der Waals surface area contributed by atoms with Gasteiger partial charge in [-0.05, 0) is 48.1 Å². The highest BCUT2D eigenvalue weighted by molar-refractivity contribution is 6.02. The van der Waals surface area contributed by atoms with E-state index in [9.17, 15) is 8.78 Å². The highest BCUT2D eigenvalue weighted by atomic mass is 19.1. The molecule has 1 aliphatic rings. The van der Waals surface area contributed by atoms with Crippen molar-refractivity contribution < 1.29 is 13.2 Å². The van der Waals surface area contributed by atoms with Crippen LogP contribution in [0.2, 0.25) is 0 Å². The SMILES string of the molecule is Nc1ncnc2c1c(-c1ccc3cc(Cc4cc(F)ccc4F)ncc3c1F)cn2C1CC1. The molecular formula is C25H18F3N5. The lowest BCUT2D eigenvalue weighted by molar-refractivity contribution is 0.588. The molecule has 0 bridgehead atoms. The average Bonchev–Trinajstić information content (AvgIpc) is 3.57. The lowest BCUT2D eigenvalue weighted by Gasteiger charge is -2.09. The van der Waals surface area contributed by atoms with Crippen molar-refractivity contribution in [2.75, 3.05) is 5.73 Å². The van der Waals surface area contributed by atoms with Crippen molar-refractivity contribution in [2.24, 2.45) is 0 Å². The smallest absolute Gasteiger partial charge is 0.146 e. The first-order valence-electron chi connectivity index (χ1n) is 10.6. The molecule has 0 radical (unpaired) electrons. The molecule has 1 aliphatic carbocycles. The Kier molecular flexibility index (Phi) is 4.36. The molecule has 0 aliphatic heterocycles. The van der Waals surface area contributed by atoms with E-state index in [0.29, 0.717) is 50.5 Å². The predicted octanol–water partition coefficient (Wildman–Crippen LogP) is 5.57. The van der Waals surface area contributed by atoms with E-state index < -0.39 is 17.5 Å². The number of aromatic nitrogens is 4. The zero-order chi connectivity index (χ0) is 22.7. The molecule has 5 aromatic rings. The third-order valence-corrected chi connectivity index (χ3v) is 6.14. The van der Waals surface area contributed by atoms with Crippen LogP contribution in [0, 0.1) is 17.5 Å². The minimum absolute atomic E-state index is 0.103. The molecule has 0 saturated heterocycles. The summed E-state index contributed by atoms with van der Waals surface area (Å²) in [6, 6.07) is 8.83. The first-order valence-corrected chi connectivity index (χ1v) is 10.6. The van der Waals surface area contributed by atoms with E-state index in [0.717, 1.165) is 31.0 Å². The topological polar surface area (TPSA) is 69.6 Å². The summed E-state index contributed by atoms with van der Waals surface area (Å²) in [4.78, 5) is 12.8. The van der Waals surface area contributed by atoms with Crippen molar-refractivity contribution >= 4 is 27.6 Å². The van der Waals surface area contributed by atoms with Crippen molar-refractivity contribution in [1.29, 1.82) is 0 Å². The van der Waals surface area contributed by atoms with Gasteiger partial charge in [-0.25, -0.2) is 23.1 Å². The number of benzene rings is 2. The van der Waals surface area contributed by atoms with E-state index in [1.807, 2.05) is 10.8 Å². The van der Waals surface area contributed by atoms with Crippen molar-refractivity contribution in [3.63, 3.8) is 0 Å². The molecule has 5 nitrogen and oxygen atoms in total. The van der Waals surface area contributed by atoms with E-state index in [2.05, 4.69) is 15.0 Å². The highest BCUT2D eigenvalue weighted by Gasteiger charge is 2.28. The van der Waals surface area contributed by atoms with Crippen LogP contribution in [0.4, 0.5) is 19.0 Å². The number of nitrogen functional groups attached to an aromatic ring is 1. The van der Waals surface area contributed by atoms with Crippen LogP contribution in [0.25, 0.3) is 32.9 Å². The summed E-state index contributed by atoms with van der Waals surface area (Å²) in [5.41, 5.74) is 8.59. The molecule has 0 spiro atoms. The van der Waals surface area contributed by atoms with E-state index in [-0.39, 0.29) is 12.0 Å². The Bertz CT molecular complexity index is 1560. The van der Waals surface area contributed by atoms with Gasteiger partial charge in [-0.2, -0.15) is 0 Å². The fourth-order valence-corrected chi connectivity index (χ4v) is 4.35. The second kappa shape index (κ2) is 7.30. The van der Waals surface area contributed by atoms with Crippen LogP contribution >= 0.6 is 0 Å². The second-order valence-electron chi connectivity index (χ2n) is 8.38. The molecule has 33 heavy (non-hydrogen) atoms. The van der Waals surface area contributed by atoms with Crippen LogP contribution in [0.5, 0.6) is 0 Å². The minimum Gasteiger partial charge on any atom is -0.383 e. The minimum atomic E-state index is -0.517. The van der Waals surface area contributed by atoms with Gasteiger partial charge in [0.15, 0.2) is 0 Å². The lowest BCUT2D eigenvalue weighted by Crippen LogP contribution is -1.98. The van der Waals surface area contributed by atoms with E-state index in [1.54, 1.807) is 18.2 Å². The van der Waals surface area contributed by atoms with Crippen molar-refractivity contribution in [3.05, 3.63) is 83.8 Å². The standard InChI is InChI=1S/C25H18F3N5/c26-15-2-6-21(27)14(7-15)9-16-8-13-1-5-18(23(28)19(13)10-30-16)20-11-33(17-3-4-17)25-22(20)24(29)31-12-32-25/h1-2,5-8,10-12,17H,3-4,9H2,(H2,29,31,32). The van der Waals surface area contributed by atoms with Gasteiger partial charge in [0.2, 0.25) is 0 Å². The predicted molar refractivity (Wildman–Crippen MR) is 120 cm³/mol. The fourth-order valence-electron chi connectivity index (χ4n) is 4.35. The monoisotopic (exact) mass is 445 g/mol. The Morgan fingerprint density at radius 2 is 1.82 bits per heavy atom. The molecule has 0 unspecified atom stereocenters. The van der Waals surface area contributed by atoms with Crippen LogP contribution in [0.3, 0.4) is 0 Å². The first-order chi connectivity index (χ1) is 16.0. The Morgan fingerprint density at radius 1 is 0.970 bits per heavy atom. The molecule has 1 fully saturated rings. The molecule has 0 amide bonds. The summed E-state index contributed by atoms with van der Waals surface area (Å²) in [6.45, 7) is 0. The number of anilines is 1. The van der Waals surface area contributed by atoms with Crippen LogP contribution in [-0.4, -0.2) is 19.5 Å². The zero-order valence-corrected chi connectivity index (χ0v) is 17.4. The van der Waals surface area contributed by atoms with Crippen molar-refractivity contribution in [2.45, 2.75) is 25.3 Å².